The van der Waals surface area contributed by atoms with E-state index in [4.69, 9.17) is 4.74 Å². The van der Waals surface area contributed by atoms with E-state index in [9.17, 15) is 0 Å². The van der Waals surface area contributed by atoms with Gasteiger partial charge in [0, 0.05) is 5.33 Å². The molecule has 1 aliphatic heterocycles. The van der Waals surface area contributed by atoms with E-state index < -0.39 is 0 Å². The Kier molecular flexibility index (Phi) is 2.63. The van der Waals surface area contributed by atoms with E-state index >= 15 is 0 Å². The van der Waals surface area contributed by atoms with Gasteiger partial charge in [0.15, 0.2) is 0 Å². The van der Waals surface area contributed by atoms with Crippen LogP contribution in [0.1, 0.15) is 45.4 Å². The molecule has 3 rings (SSSR count). The van der Waals surface area contributed by atoms with E-state index in [0.29, 0.717) is 17.6 Å². The Bertz CT molecular complexity index is 243. The third-order valence-corrected chi connectivity index (χ3v) is 5.91. The van der Waals surface area contributed by atoms with Crippen LogP contribution in [-0.4, -0.2) is 17.5 Å². The number of fused-ring (bicyclic) bond motifs is 1. The summed E-state index contributed by atoms with van der Waals surface area (Å²) >= 11 is 3.75. The fourth-order valence-corrected chi connectivity index (χ4v) is 4.54. The van der Waals surface area contributed by atoms with Crippen molar-refractivity contribution in [2.75, 3.05) is 5.33 Å². The third kappa shape index (κ3) is 2.00. The van der Waals surface area contributed by atoms with E-state index in [-0.39, 0.29) is 0 Å². The summed E-state index contributed by atoms with van der Waals surface area (Å²) in [6.07, 6.45) is 9.43. The molecule has 0 bridgehead atoms. The molecule has 3 fully saturated rings. The van der Waals surface area contributed by atoms with Crippen molar-refractivity contribution >= 4 is 15.9 Å². The molecule has 2 heteroatoms. The van der Waals surface area contributed by atoms with Crippen LogP contribution in [0.5, 0.6) is 0 Å². The molecule has 1 nitrogen and oxygen atoms in total. The van der Waals surface area contributed by atoms with Crippen molar-refractivity contribution in [3.63, 3.8) is 0 Å². The molecule has 4 unspecified atom stereocenters. The van der Waals surface area contributed by atoms with Gasteiger partial charge in [0.2, 0.25) is 0 Å². The van der Waals surface area contributed by atoms with Gasteiger partial charge in [0.25, 0.3) is 0 Å². The van der Waals surface area contributed by atoms with E-state index in [2.05, 4.69) is 22.9 Å². The second-order valence-corrected chi connectivity index (χ2v) is 6.71. The molecule has 1 saturated heterocycles. The van der Waals surface area contributed by atoms with Gasteiger partial charge in [-0.15, -0.1) is 0 Å². The molecule has 2 aliphatic carbocycles. The summed E-state index contributed by atoms with van der Waals surface area (Å²) in [6.45, 7) is 2.22. The molecule has 0 aromatic heterocycles. The quantitative estimate of drug-likeness (QED) is 0.711. The number of hydrogen-bond donors (Lipinski definition) is 0. The molecule has 15 heavy (non-hydrogen) atoms. The summed E-state index contributed by atoms with van der Waals surface area (Å²) in [5.74, 6) is 2.17. The average molecular weight is 273 g/mol. The zero-order chi connectivity index (χ0) is 10.5. The lowest BCUT2D eigenvalue weighted by Crippen LogP contribution is -2.27. The lowest BCUT2D eigenvalue weighted by atomic mass is 9.79. The van der Waals surface area contributed by atoms with Crippen molar-refractivity contribution in [3.05, 3.63) is 0 Å². The molecule has 0 aromatic rings. The summed E-state index contributed by atoms with van der Waals surface area (Å²) in [5.41, 5.74) is 0.600. The van der Waals surface area contributed by atoms with Gasteiger partial charge in [-0.25, -0.2) is 0 Å². The second kappa shape index (κ2) is 3.73. The maximum Gasteiger partial charge on any atom is 0.0585 e. The smallest absolute Gasteiger partial charge is 0.0585 e. The molecule has 0 amide bonds. The number of halogens is 1. The topological polar surface area (TPSA) is 9.23 Å². The van der Waals surface area contributed by atoms with Gasteiger partial charge in [-0.05, 0) is 62.7 Å². The normalized spacial score (nSPS) is 53.2. The number of alkyl halides is 1. The first-order chi connectivity index (χ1) is 7.21. The monoisotopic (exact) mass is 272 g/mol. The van der Waals surface area contributed by atoms with Gasteiger partial charge >= 0.3 is 0 Å². The average Bonchev–Trinajstić information content (AvgIpc) is 2.65. The highest BCUT2D eigenvalue weighted by atomic mass is 79.9. The van der Waals surface area contributed by atoms with Crippen LogP contribution in [0.25, 0.3) is 0 Å². The number of hydrogen-bond acceptors (Lipinski definition) is 1. The lowest BCUT2D eigenvalue weighted by Gasteiger charge is -2.31. The number of ether oxygens (including phenoxy) is 1. The summed E-state index contributed by atoms with van der Waals surface area (Å²) in [4.78, 5) is 0. The van der Waals surface area contributed by atoms with E-state index in [1.54, 1.807) is 0 Å². The third-order valence-electron chi connectivity index (χ3n) is 4.72. The minimum atomic E-state index is 0.512. The lowest BCUT2D eigenvalue weighted by molar-refractivity contribution is 0.0251. The zero-order valence-electron chi connectivity index (χ0n) is 9.55. The van der Waals surface area contributed by atoms with Crippen molar-refractivity contribution < 1.29 is 4.74 Å². The maximum atomic E-state index is 5.98. The van der Waals surface area contributed by atoms with Crippen molar-refractivity contribution in [1.29, 1.82) is 0 Å². The Morgan fingerprint density at radius 3 is 2.53 bits per heavy atom. The Morgan fingerprint density at radius 2 is 2.00 bits per heavy atom. The Labute approximate surface area is 101 Å². The van der Waals surface area contributed by atoms with Crippen LogP contribution in [0, 0.1) is 17.3 Å². The summed E-state index contributed by atoms with van der Waals surface area (Å²) in [5, 5.41) is 1.20. The molecule has 86 valence electrons. The Hall–Kier alpha value is 0.440. The Morgan fingerprint density at radius 1 is 1.27 bits per heavy atom. The number of rotatable bonds is 3. The largest absolute Gasteiger partial charge is 0.375 e. The first kappa shape index (κ1) is 10.6. The van der Waals surface area contributed by atoms with Crippen LogP contribution in [0.2, 0.25) is 0 Å². The van der Waals surface area contributed by atoms with E-state index in [1.807, 2.05) is 0 Å². The highest BCUT2D eigenvalue weighted by molar-refractivity contribution is 9.09. The van der Waals surface area contributed by atoms with Gasteiger partial charge in [-0.1, -0.05) is 15.9 Å². The van der Waals surface area contributed by atoms with E-state index in [1.165, 1.54) is 43.9 Å². The minimum absolute atomic E-state index is 0.512. The molecule has 0 aromatic carbocycles. The fraction of sp³-hybridized carbons (Fsp3) is 1.00. The van der Waals surface area contributed by atoms with Gasteiger partial charge < -0.3 is 4.74 Å². The summed E-state index contributed by atoms with van der Waals surface area (Å²) in [7, 11) is 0. The van der Waals surface area contributed by atoms with Crippen LogP contribution in [0.15, 0.2) is 0 Å². The van der Waals surface area contributed by atoms with Gasteiger partial charge in [0.05, 0.1) is 12.2 Å². The predicted molar refractivity (Wildman–Crippen MR) is 65.2 cm³/mol. The molecular weight excluding hydrogens is 252 g/mol. The molecule has 0 N–H and O–H groups in total. The molecule has 2 saturated carbocycles. The van der Waals surface area contributed by atoms with Crippen molar-refractivity contribution in [2.24, 2.45) is 17.3 Å². The van der Waals surface area contributed by atoms with Crippen molar-refractivity contribution in [3.8, 4) is 0 Å². The standard InChI is InChI=1S/C13H21BrO/c1-9-2-3-12(15-9)7-13(8-14)5-10-4-11(10)6-13/h9-12H,2-8H2,1H3. The van der Waals surface area contributed by atoms with Crippen LogP contribution in [0.3, 0.4) is 0 Å². The molecule has 3 aliphatic rings. The predicted octanol–water partition coefficient (Wildman–Crippen LogP) is 3.76. The van der Waals surface area contributed by atoms with Crippen LogP contribution < -0.4 is 0 Å². The molecular formula is C13H21BrO. The molecule has 1 heterocycles. The van der Waals surface area contributed by atoms with Crippen LogP contribution >= 0.6 is 15.9 Å². The van der Waals surface area contributed by atoms with Gasteiger partial charge in [0.1, 0.15) is 0 Å². The first-order valence-electron chi connectivity index (χ1n) is 6.42. The fourth-order valence-electron chi connectivity index (χ4n) is 3.85. The summed E-state index contributed by atoms with van der Waals surface area (Å²) in [6, 6.07) is 0. The maximum absolute atomic E-state index is 5.98. The SMILES string of the molecule is CC1CCC(CC2(CBr)CC3CC3C2)O1. The zero-order valence-corrected chi connectivity index (χ0v) is 11.1. The second-order valence-electron chi connectivity index (χ2n) is 6.15. The minimum Gasteiger partial charge on any atom is -0.375 e. The van der Waals surface area contributed by atoms with Crippen LogP contribution in [-0.2, 0) is 4.74 Å². The molecule has 4 atom stereocenters. The first-order valence-corrected chi connectivity index (χ1v) is 7.54. The highest BCUT2D eigenvalue weighted by Gasteiger charge is 2.53. The highest BCUT2D eigenvalue weighted by Crippen LogP contribution is 2.62. The van der Waals surface area contributed by atoms with Gasteiger partial charge in [-0.2, -0.15) is 0 Å². The van der Waals surface area contributed by atoms with E-state index in [0.717, 1.165) is 11.8 Å². The molecule has 0 spiro atoms. The molecule has 0 radical (unpaired) electrons. The Balaban J connectivity index is 1.60. The van der Waals surface area contributed by atoms with Gasteiger partial charge in [-0.3, -0.25) is 0 Å². The van der Waals surface area contributed by atoms with Crippen molar-refractivity contribution in [1.82, 2.24) is 0 Å². The van der Waals surface area contributed by atoms with Crippen LogP contribution in [0.4, 0.5) is 0 Å². The summed E-state index contributed by atoms with van der Waals surface area (Å²) < 4.78 is 5.98. The van der Waals surface area contributed by atoms with Crippen molar-refractivity contribution in [2.45, 2.75) is 57.7 Å².